The van der Waals surface area contributed by atoms with Crippen LogP contribution in [0.5, 0.6) is 5.75 Å². The van der Waals surface area contributed by atoms with Crippen LogP contribution in [0.1, 0.15) is 21.5 Å². The molecule has 21 heavy (non-hydrogen) atoms. The fraction of sp³-hybridized carbons (Fsp3) is 0.125. The Morgan fingerprint density at radius 3 is 2.52 bits per heavy atom. The van der Waals surface area contributed by atoms with Gasteiger partial charge in [0.2, 0.25) is 0 Å². The van der Waals surface area contributed by atoms with Gasteiger partial charge in [0.25, 0.3) is 0 Å². The maximum Gasteiger partial charge on any atom is 0.307 e. The van der Waals surface area contributed by atoms with Gasteiger partial charge in [0, 0.05) is 5.56 Å². The second-order valence-electron chi connectivity index (χ2n) is 4.44. The van der Waals surface area contributed by atoms with Crippen LogP contribution < -0.4 is 4.74 Å². The molecule has 0 atom stereocenters. The summed E-state index contributed by atoms with van der Waals surface area (Å²) in [6.07, 6.45) is 0.432. The second-order valence-corrected chi connectivity index (χ2v) is 4.44. The third-order valence-electron chi connectivity index (χ3n) is 2.94. The van der Waals surface area contributed by atoms with Crippen LogP contribution in [0, 0.1) is 5.82 Å². The highest BCUT2D eigenvalue weighted by molar-refractivity contribution is 5.75. The highest BCUT2D eigenvalue weighted by Crippen LogP contribution is 2.20. The molecule has 2 aromatic rings. The fourth-order valence-electron chi connectivity index (χ4n) is 1.90. The zero-order valence-electron chi connectivity index (χ0n) is 11.1. The largest absolute Gasteiger partial charge is 0.486 e. The van der Waals surface area contributed by atoms with Crippen LogP contribution >= 0.6 is 0 Å². The summed E-state index contributed by atoms with van der Waals surface area (Å²) < 4.78 is 19.0. The normalized spacial score (nSPS) is 10.1. The van der Waals surface area contributed by atoms with Crippen LogP contribution in [-0.2, 0) is 17.8 Å². The molecule has 2 aromatic carbocycles. The first kappa shape index (κ1) is 14.7. The second kappa shape index (κ2) is 6.65. The monoisotopic (exact) mass is 288 g/mol. The zero-order chi connectivity index (χ0) is 15.2. The van der Waals surface area contributed by atoms with E-state index >= 15 is 0 Å². The first-order chi connectivity index (χ1) is 10.1. The van der Waals surface area contributed by atoms with Gasteiger partial charge in [-0.2, -0.15) is 0 Å². The van der Waals surface area contributed by atoms with E-state index in [1.165, 1.54) is 12.1 Å². The first-order valence-corrected chi connectivity index (χ1v) is 6.26. The number of aldehydes is 1. The molecule has 2 rings (SSSR count). The van der Waals surface area contributed by atoms with Crippen molar-refractivity contribution < 1.29 is 23.8 Å². The molecule has 0 aromatic heterocycles. The Balaban J connectivity index is 2.13. The van der Waals surface area contributed by atoms with Gasteiger partial charge in [-0.1, -0.05) is 24.3 Å². The Kier molecular flexibility index (Phi) is 4.66. The smallest absolute Gasteiger partial charge is 0.307 e. The first-order valence-electron chi connectivity index (χ1n) is 6.26. The molecule has 108 valence electrons. The molecule has 4 nitrogen and oxygen atoms in total. The molecule has 0 bridgehead atoms. The molecule has 0 saturated heterocycles. The van der Waals surface area contributed by atoms with Gasteiger partial charge in [-0.15, -0.1) is 0 Å². The van der Waals surface area contributed by atoms with Crippen LogP contribution in [0.3, 0.4) is 0 Å². The van der Waals surface area contributed by atoms with Crippen molar-refractivity contribution in [2.75, 3.05) is 0 Å². The van der Waals surface area contributed by atoms with E-state index in [2.05, 4.69) is 0 Å². The van der Waals surface area contributed by atoms with Crippen molar-refractivity contribution in [2.45, 2.75) is 13.0 Å². The molecule has 0 heterocycles. The number of aliphatic carboxylic acids is 1. The topological polar surface area (TPSA) is 63.6 Å². The van der Waals surface area contributed by atoms with E-state index in [1.54, 1.807) is 24.3 Å². The van der Waals surface area contributed by atoms with Crippen LogP contribution in [0.4, 0.5) is 4.39 Å². The Bertz CT molecular complexity index is 667. The molecule has 0 aliphatic rings. The summed E-state index contributed by atoms with van der Waals surface area (Å²) in [5, 5.41) is 8.84. The molecule has 0 aliphatic carbocycles. The SMILES string of the molecule is O=Cc1ccc(OCc2ccccc2CC(=O)O)c(F)c1. The molecule has 5 heteroatoms. The molecule has 0 radical (unpaired) electrons. The third kappa shape index (κ3) is 3.89. The average Bonchev–Trinajstić information content (AvgIpc) is 2.46. The number of carboxylic acids is 1. The standard InChI is InChI=1S/C16H13FO4/c17-14-7-11(9-18)5-6-15(14)21-10-13-4-2-1-3-12(13)8-16(19)20/h1-7,9H,8,10H2,(H,19,20). The number of halogens is 1. The summed E-state index contributed by atoms with van der Waals surface area (Å²) in [6, 6.07) is 10.8. The van der Waals surface area contributed by atoms with Gasteiger partial charge in [0.1, 0.15) is 12.9 Å². The van der Waals surface area contributed by atoms with Crippen LogP contribution in [0.15, 0.2) is 42.5 Å². The maximum absolute atomic E-state index is 13.7. The van der Waals surface area contributed by atoms with Gasteiger partial charge in [-0.25, -0.2) is 4.39 Å². The van der Waals surface area contributed by atoms with Gasteiger partial charge < -0.3 is 9.84 Å². The number of rotatable bonds is 6. The predicted molar refractivity (Wildman–Crippen MR) is 73.9 cm³/mol. The van der Waals surface area contributed by atoms with Crippen molar-refractivity contribution in [3.8, 4) is 5.75 Å². The van der Waals surface area contributed by atoms with Gasteiger partial charge in [0.05, 0.1) is 6.42 Å². The molecular weight excluding hydrogens is 275 g/mol. The number of hydrogen-bond acceptors (Lipinski definition) is 3. The lowest BCUT2D eigenvalue weighted by Crippen LogP contribution is -2.06. The number of benzene rings is 2. The summed E-state index contributed by atoms with van der Waals surface area (Å²) in [4.78, 5) is 21.3. The molecule has 0 fully saturated rings. The van der Waals surface area contributed by atoms with E-state index in [-0.39, 0.29) is 24.3 Å². The van der Waals surface area contributed by atoms with Crippen LogP contribution in [-0.4, -0.2) is 17.4 Å². The Hall–Kier alpha value is -2.69. The van der Waals surface area contributed by atoms with Crippen LogP contribution in [0.2, 0.25) is 0 Å². The Labute approximate surface area is 120 Å². The lowest BCUT2D eigenvalue weighted by molar-refractivity contribution is -0.136. The molecule has 0 aliphatic heterocycles. The number of hydrogen-bond donors (Lipinski definition) is 1. The van der Waals surface area contributed by atoms with Crippen molar-refractivity contribution in [3.05, 3.63) is 65.0 Å². The van der Waals surface area contributed by atoms with E-state index in [1.807, 2.05) is 0 Å². The summed E-state index contributed by atoms with van der Waals surface area (Å²) >= 11 is 0. The minimum absolute atomic E-state index is 0.0192. The van der Waals surface area contributed by atoms with E-state index in [4.69, 9.17) is 9.84 Å². The molecule has 0 unspecified atom stereocenters. The van der Waals surface area contributed by atoms with Crippen molar-refractivity contribution >= 4 is 12.3 Å². The van der Waals surface area contributed by atoms with Crippen molar-refractivity contribution in [3.63, 3.8) is 0 Å². The Morgan fingerprint density at radius 2 is 1.90 bits per heavy atom. The van der Waals surface area contributed by atoms with E-state index in [0.29, 0.717) is 17.4 Å². The summed E-state index contributed by atoms with van der Waals surface area (Å²) in [5.74, 6) is -1.55. The van der Waals surface area contributed by atoms with E-state index in [9.17, 15) is 14.0 Å². The highest BCUT2D eigenvalue weighted by atomic mass is 19.1. The molecule has 0 amide bonds. The van der Waals surface area contributed by atoms with E-state index < -0.39 is 11.8 Å². The van der Waals surface area contributed by atoms with Gasteiger partial charge in [-0.3, -0.25) is 9.59 Å². The lowest BCUT2D eigenvalue weighted by Gasteiger charge is -2.10. The molecular formula is C16H13FO4. The van der Waals surface area contributed by atoms with Gasteiger partial charge in [0.15, 0.2) is 11.6 Å². The van der Waals surface area contributed by atoms with Crippen molar-refractivity contribution in [1.29, 1.82) is 0 Å². The quantitative estimate of drug-likeness (QED) is 0.830. The zero-order valence-corrected chi connectivity index (χ0v) is 11.1. The molecule has 0 spiro atoms. The number of carbonyl (C=O) groups is 2. The Morgan fingerprint density at radius 1 is 1.19 bits per heavy atom. The number of carbonyl (C=O) groups excluding carboxylic acids is 1. The minimum Gasteiger partial charge on any atom is -0.486 e. The molecule has 0 saturated carbocycles. The number of ether oxygens (including phenoxy) is 1. The summed E-state index contributed by atoms with van der Waals surface area (Å²) in [5.41, 5.74) is 1.53. The third-order valence-corrected chi connectivity index (χ3v) is 2.94. The predicted octanol–water partition coefficient (Wildman–Crippen LogP) is 2.84. The van der Waals surface area contributed by atoms with Gasteiger partial charge >= 0.3 is 5.97 Å². The molecule has 1 N–H and O–H groups in total. The number of carboxylic acid groups (broad SMARTS) is 1. The highest BCUT2D eigenvalue weighted by Gasteiger charge is 2.09. The average molecular weight is 288 g/mol. The minimum atomic E-state index is -0.941. The maximum atomic E-state index is 13.7. The van der Waals surface area contributed by atoms with Crippen LogP contribution in [0.25, 0.3) is 0 Å². The fourth-order valence-corrected chi connectivity index (χ4v) is 1.90. The summed E-state index contributed by atoms with van der Waals surface area (Å²) in [6.45, 7) is 0.0564. The van der Waals surface area contributed by atoms with Crippen molar-refractivity contribution in [2.24, 2.45) is 0 Å². The lowest BCUT2D eigenvalue weighted by atomic mass is 10.1. The van der Waals surface area contributed by atoms with Crippen molar-refractivity contribution in [1.82, 2.24) is 0 Å². The summed E-state index contributed by atoms with van der Waals surface area (Å²) in [7, 11) is 0. The van der Waals surface area contributed by atoms with E-state index in [0.717, 1.165) is 6.07 Å². The van der Waals surface area contributed by atoms with Gasteiger partial charge in [-0.05, 0) is 29.3 Å².